The van der Waals surface area contributed by atoms with E-state index in [1.165, 1.54) is 0 Å². The Hall–Kier alpha value is -2.23. The Bertz CT molecular complexity index is 540. The van der Waals surface area contributed by atoms with E-state index < -0.39 is 0 Å². The van der Waals surface area contributed by atoms with Crippen LogP contribution in [0, 0.1) is 6.92 Å². The molecule has 0 bridgehead atoms. The largest absolute Gasteiger partial charge is 0.493 e. The van der Waals surface area contributed by atoms with Crippen molar-refractivity contribution >= 4 is 11.5 Å². The monoisotopic (exact) mass is 243 g/mol. The highest BCUT2D eigenvalue weighted by molar-refractivity contribution is 5.53. The predicted molar refractivity (Wildman–Crippen MR) is 73.7 cm³/mol. The van der Waals surface area contributed by atoms with E-state index in [1.54, 1.807) is 13.3 Å². The highest BCUT2D eigenvalue weighted by atomic mass is 16.5. The van der Waals surface area contributed by atoms with Crippen LogP contribution < -0.4 is 15.8 Å². The van der Waals surface area contributed by atoms with E-state index in [9.17, 15) is 0 Å². The molecule has 18 heavy (non-hydrogen) atoms. The SMILES string of the molecule is COc1cccnc1NCc1cccc(N)c1C. The number of hydrogen-bond acceptors (Lipinski definition) is 4. The number of rotatable bonds is 4. The van der Waals surface area contributed by atoms with Crippen LogP contribution in [0.2, 0.25) is 0 Å². The van der Waals surface area contributed by atoms with Gasteiger partial charge in [-0.1, -0.05) is 12.1 Å². The zero-order valence-electron chi connectivity index (χ0n) is 10.6. The third kappa shape index (κ3) is 2.53. The number of ether oxygens (including phenoxy) is 1. The van der Waals surface area contributed by atoms with Gasteiger partial charge in [0.2, 0.25) is 0 Å². The molecule has 0 fully saturated rings. The number of aromatic nitrogens is 1. The number of hydrogen-bond donors (Lipinski definition) is 2. The summed E-state index contributed by atoms with van der Waals surface area (Å²) in [4.78, 5) is 4.25. The second-order valence-corrected chi connectivity index (χ2v) is 4.04. The fraction of sp³-hybridized carbons (Fsp3) is 0.214. The van der Waals surface area contributed by atoms with Crippen molar-refractivity contribution in [3.63, 3.8) is 0 Å². The lowest BCUT2D eigenvalue weighted by atomic mass is 10.1. The maximum atomic E-state index is 5.88. The molecular weight excluding hydrogens is 226 g/mol. The minimum absolute atomic E-state index is 0.671. The van der Waals surface area contributed by atoms with Gasteiger partial charge in [-0.15, -0.1) is 0 Å². The molecule has 0 radical (unpaired) electrons. The molecule has 0 saturated heterocycles. The molecule has 0 atom stereocenters. The minimum atomic E-state index is 0.671. The Morgan fingerprint density at radius 1 is 1.28 bits per heavy atom. The van der Waals surface area contributed by atoms with Crippen LogP contribution in [-0.4, -0.2) is 12.1 Å². The van der Waals surface area contributed by atoms with Gasteiger partial charge < -0.3 is 15.8 Å². The summed E-state index contributed by atoms with van der Waals surface area (Å²) in [5, 5.41) is 3.26. The normalized spacial score (nSPS) is 10.1. The highest BCUT2D eigenvalue weighted by Gasteiger charge is 2.05. The molecule has 1 aromatic heterocycles. The first kappa shape index (κ1) is 12.2. The fourth-order valence-electron chi connectivity index (χ4n) is 1.76. The lowest BCUT2D eigenvalue weighted by Gasteiger charge is -2.12. The Labute approximate surface area is 107 Å². The van der Waals surface area contributed by atoms with Crippen molar-refractivity contribution in [2.45, 2.75) is 13.5 Å². The average Bonchev–Trinajstić information content (AvgIpc) is 2.41. The fourth-order valence-corrected chi connectivity index (χ4v) is 1.76. The molecule has 0 aliphatic carbocycles. The molecule has 0 aliphatic rings. The van der Waals surface area contributed by atoms with Gasteiger partial charge in [-0.2, -0.15) is 0 Å². The van der Waals surface area contributed by atoms with E-state index in [1.807, 2.05) is 37.3 Å². The summed E-state index contributed by atoms with van der Waals surface area (Å²) in [6.07, 6.45) is 1.73. The van der Waals surface area contributed by atoms with Crippen LogP contribution in [0.5, 0.6) is 5.75 Å². The number of anilines is 2. The van der Waals surface area contributed by atoms with Crippen molar-refractivity contribution in [2.75, 3.05) is 18.2 Å². The van der Waals surface area contributed by atoms with Crippen molar-refractivity contribution in [1.82, 2.24) is 4.98 Å². The summed E-state index contributed by atoms with van der Waals surface area (Å²) >= 11 is 0. The molecule has 0 spiro atoms. The van der Waals surface area contributed by atoms with Crippen LogP contribution in [0.4, 0.5) is 11.5 Å². The number of pyridine rings is 1. The van der Waals surface area contributed by atoms with Gasteiger partial charge in [0.15, 0.2) is 11.6 Å². The Morgan fingerprint density at radius 3 is 2.89 bits per heavy atom. The maximum Gasteiger partial charge on any atom is 0.168 e. The summed E-state index contributed by atoms with van der Waals surface area (Å²) in [7, 11) is 1.63. The number of methoxy groups -OCH3 is 1. The zero-order valence-corrected chi connectivity index (χ0v) is 10.6. The Balaban J connectivity index is 2.14. The summed E-state index contributed by atoms with van der Waals surface area (Å²) in [6, 6.07) is 9.63. The number of nitrogens with zero attached hydrogens (tertiary/aromatic N) is 1. The van der Waals surface area contributed by atoms with Crippen LogP contribution in [0.3, 0.4) is 0 Å². The molecule has 3 N–H and O–H groups in total. The van der Waals surface area contributed by atoms with Gasteiger partial charge in [0.1, 0.15) is 0 Å². The molecule has 0 saturated carbocycles. The van der Waals surface area contributed by atoms with E-state index in [4.69, 9.17) is 10.5 Å². The van der Waals surface area contributed by atoms with Gasteiger partial charge in [-0.05, 0) is 36.2 Å². The van der Waals surface area contributed by atoms with Crippen molar-refractivity contribution < 1.29 is 4.74 Å². The van der Waals surface area contributed by atoms with Gasteiger partial charge in [-0.3, -0.25) is 0 Å². The van der Waals surface area contributed by atoms with Gasteiger partial charge >= 0.3 is 0 Å². The summed E-state index contributed by atoms with van der Waals surface area (Å²) < 4.78 is 5.24. The second kappa shape index (κ2) is 5.40. The van der Waals surface area contributed by atoms with Crippen LogP contribution in [0.25, 0.3) is 0 Å². The predicted octanol–water partition coefficient (Wildman–Crippen LogP) is 2.59. The van der Waals surface area contributed by atoms with Crippen LogP contribution >= 0.6 is 0 Å². The third-order valence-electron chi connectivity index (χ3n) is 2.92. The number of nitrogens with one attached hydrogen (secondary N) is 1. The van der Waals surface area contributed by atoms with E-state index in [2.05, 4.69) is 10.3 Å². The molecule has 4 nitrogen and oxygen atoms in total. The third-order valence-corrected chi connectivity index (χ3v) is 2.92. The lowest BCUT2D eigenvalue weighted by molar-refractivity contribution is 0.415. The lowest BCUT2D eigenvalue weighted by Crippen LogP contribution is -2.05. The molecule has 0 amide bonds. The molecule has 2 aromatic rings. The van der Waals surface area contributed by atoms with Gasteiger partial charge in [0.25, 0.3) is 0 Å². The molecule has 1 aromatic carbocycles. The highest BCUT2D eigenvalue weighted by Crippen LogP contribution is 2.22. The van der Waals surface area contributed by atoms with Crippen LogP contribution in [0.15, 0.2) is 36.5 Å². The first-order valence-corrected chi connectivity index (χ1v) is 5.79. The van der Waals surface area contributed by atoms with Crippen molar-refractivity contribution in [2.24, 2.45) is 0 Å². The maximum absolute atomic E-state index is 5.88. The van der Waals surface area contributed by atoms with Crippen molar-refractivity contribution in [3.8, 4) is 5.75 Å². The first-order chi connectivity index (χ1) is 8.72. The average molecular weight is 243 g/mol. The molecule has 2 rings (SSSR count). The van der Waals surface area contributed by atoms with E-state index in [-0.39, 0.29) is 0 Å². The smallest absolute Gasteiger partial charge is 0.168 e. The standard InChI is InChI=1S/C14H17N3O/c1-10-11(5-3-6-12(10)15)9-17-14-13(18-2)7-4-8-16-14/h3-8H,9,15H2,1-2H3,(H,16,17). The minimum Gasteiger partial charge on any atom is -0.493 e. The van der Waals surface area contributed by atoms with Crippen LogP contribution in [0.1, 0.15) is 11.1 Å². The molecule has 4 heteroatoms. The molecular formula is C14H17N3O. The van der Waals surface area contributed by atoms with Crippen molar-refractivity contribution in [1.29, 1.82) is 0 Å². The van der Waals surface area contributed by atoms with E-state index in [0.717, 1.165) is 28.4 Å². The molecule has 0 unspecified atom stereocenters. The zero-order chi connectivity index (χ0) is 13.0. The quantitative estimate of drug-likeness (QED) is 0.810. The van der Waals surface area contributed by atoms with Gasteiger partial charge in [0, 0.05) is 18.4 Å². The molecule has 0 aliphatic heterocycles. The van der Waals surface area contributed by atoms with E-state index >= 15 is 0 Å². The van der Waals surface area contributed by atoms with Gasteiger partial charge in [-0.25, -0.2) is 4.98 Å². The summed E-state index contributed by atoms with van der Waals surface area (Å²) in [5.41, 5.74) is 8.94. The molecule has 1 heterocycles. The van der Waals surface area contributed by atoms with Crippen molar-refractivity contribution in [3.05, 3.63) is 47.7 Å². The first-order valence-electron chi connectivity index (χ1n) is 5.79. The Kier molecular flexibility index (Phi) is 3.67. The topological polar surface area (TPSA) is 60.2 Å². The Morgan fingerprint density at radius 2 is 2.11 bits per heavy atom. The number of nitrogens with two attached hydrogens (primary N) is 1. The second-order valence-electron chi connectivity index (χ2n) is 4.04. The molecule has 94 valence electrons. The van der Waals surface area contributed by atoms with Crippen LogP contribution in [-0.2, 0) is 6.54 Å². The number of nitrogen functional groups attached to an aromatic ring is 1. The summed E-state index contributed by atoms with van der Waals surface area (Å²) in [6.45, 7) is 2.69. The van der Waals surface area contributed by atoms with E-state index in [0.29, 0.717) is 6.54 Å². The summed E-state index contributed by atoms with van der Waals surface area (Å²) in [5.74, 6) is 1.47. The number of benzene rings is 1. The van der Waals surface area contributed by atoms with Gasteiger partial charge in [0.05, 0.1) is 7.11 Å².